The minimum atomic E-state index is -1.11. The van der Waals surface area contributed by atoms with Crippen molar-refractivity contribution < 1.29 is 33.2 Å². The van der Waals surface area contributed by atoms with Crippen LogP contribution in [-0.4, -0.2) is 47.9 Å². The van der Waals surface area contributed by atoms with E-state index in [4.69, 9.17) is 38.2 Å². The van der Waals surface area contributed by atoms with Crippen molar-refractivity contribution in [2.45, 2.75) is 89.6 Å². The molecule has 0 aromatic heterocycles. The Hall–Kier alpha value is -1.97. The van der Waals surface area contributed by atoms with Gasteiger partial charge in [-0.15, -0.1) is 0 Å². The number of ether oxygens (including phenoxy) is 7. The van der Waals surface area contributed by atoms with Crippen molar-refractivity contribution >= 4 is 11.4 Å². The van der Waals surface area contributed by atoms with Crippen LogP contribution >= 0.6 is 0 Å². The van der Waals surface area contributed by atoms with E-state index in [0.717, 1.165) is 11.4 Å². The van der Waals surface area contributed by atoms with Gasteiger partial charge in [0.15, 0.2) is 35.8 Å². The highest BCUT2D eigenvalue weighted by Crippen LogP contribution is 2.51. The second-order valence-electron chi connectivity index (χ2n) is 9.56. The Balaban J connectivity index is 1.37. The van der Waals surface area contributed by atoms with E-state index in [9.17, 15) is 0 Å². The van der Waals surface area contributed by atoms with Crippen molar-refractivity contribution in [3.63, 3.8) is 0 Å². The number of hydrogen-bond donors (Lipinski definition) is 0. The maximum Gasteiger partial charge on any atom is 0.255 e. The van der Waals surface area contributed by atoms with Gasteiger partial charge in [0, 0.05) is 12.8 Å². The highest BCUT2D eigenvalue weighted by molar-refractivity contribution is 5.99. The predicted molar refractivity (Wildman–Crippen MR) is 108 cm³/mol. The summed E-state index contributed by atoms with van der Waals surface area (Å²) in [5, 5.41) is 0. The molecule has 0 saturated carbocycles. The van der Waals surface area contributed by atoms with Crippen LogP contribution in [0.4, 0.5) is 5.69 Å². The van der Waals surface area contributed by atoms with E-state index in [0.29, 0.717) is 24.3 Å². The molecule has 0 aliphatic carbocycles. The highest BCUT2D eigenvalue weighted by Gasteiger charge is 2.65. The summed E-state index contributed by atoms with van der Waals surface area (Å²) in [7, 11) is 0. The van der Waals surface area contributed by atoms with Gasteiger partial charge in [0.1, 0.15) is 11.5 Å². The summed E-state index contributed by atoms with van der Waals surface area (Å²) in [5.41, 5.74) is 2.64. The topological polar surface area (TPSA) is 77.0 Å². The maximum atomic E-state index is 6.52. The number of nitrogens with zero attached hydrogens (tertiary/aromatic N) is 1. The van der Waals surface area contributed by atoms with Crippen LogP contribution in [0.5, 0.6) is 0 Å². The average molecular weight is 429 g/mol. The molecule has 8 heteroatoms. The first-order valence-electron chi connectivity index (χ1n) is 10.8. The van der Waals surface area contributed by atoms with Gasteiger partial charge in [0.25, 0.3) is 5.79 Å². The van der Waals surface area contributed by atoms with Gasteiger partial charge in [-0.3, -0.25) is 0 Å². The Morgan fingerprint density at radius 2 is 1.52 bits per heavy atom. The lowest BCUT2D eigenvalue weighted by Gasteiger charge is -2.36. The zero-order chi connectivity index (χ0) is 21.6. The van der Waals surface area contributed by atoms with Gasteiger partial charge in [-0.25, -0.2) is 4.99 Å². The Labute approximate surface area is 181 Å². The molecule has 6 rings (SSSR count). The first-order chi connectivity index (χ1) is 14.6. The smallest absolute Gasteiger partial charge is 0.255 e. The monoisotopic (exact) mass is 429 g/mol. The Morgan fingerprint density at radius 3 is 2.26 bits per heavy atom. The van der Waals surface area contributed by atoms with Crippen LogP contribution in [0.15, 0.2) is 40.8 Å². The summed E-state index contributed by atoms with van der Waals surface area (Å²) in [6, 6.07) is 8.00. The van der Waals surface area contributed by atoms with Crippen LogP contribution in [0.25, 0.3) is 0 Å². The number of benzene rings is 1. The average Bonchev–Trinajstić information content (AvgIpc) is 3.33. The molecule has 31 heavy (non-hydrogen) atoms. The molecule has 1 aromatic carbocycles. The van der Waals surface area contributed by atoms with E-state index in [1.165, 1.54) is 5.56 Å². The van der Waals surface area contributed by atoms with Crippen LogP contribution in [0.1, 0.15) is 46.1 Å². The molecule has 0 unspecified atom stereocenters. The third kappa shape index (κ3) is 3.12. The van der Waals surface area contributed by atoms with E-state index >= 15 is 0 Å². The standard InChI is InChI=1S/C23H27NO7/c1-12-6-8-13(9-7-12)24-18-17-20(30-22(4,5)27-17)31-23(18)11-10-14-15(28-23)16-19(25-14)29-21(2,3)26-16/h6-9,16-17,19-20H,10-11H2,1-5H3/t16-,17-,19-,20+,23+/m1/s1. The zero-order valence-corrected chi connectivity index (χ0v) is 18.3. The molecule has 1 aromatic rings. The molecule has 0 amide bonds. The molecule has 0 N–H and O–H groups in total. The van der Waals surface area contributed by atoms with Gasteiger partial charge in [0.2, 0.25) is 6.29 Å². The van der Waals surface area contributed by atoms with E-state index in [1.54, 1.807) is 0 Å². The quantitative estimate of drug-likeness (QED) is 0.672. The predicted octanol–water partition coefficient (Wildman–Crippen LogP) is 3.80. The second kappa shape index (κ2) is 6.30. The van der Waals surface area contributed by atoms with Crippen LogP contribution in [0.2, 0.25) is 0 Å². The molecule has 166 valence electrons. The van der Waals surface area contributed by atoms with Crippen molar-refractivity contribution in [2.75, 3.05) is 0 Å². The van der Waals surface area contributed by atoms with E-state index in [-0.39, 0.29) is 0 Å². The van der Waals surface area contributed by atoms with Crippen molar-refractivity contribution in [1.29, 1.82) is 0 Å². The largest absolute Gasteiger partial charge is 0.462 e. The summed E-state index contributed by atoms with van der Waals surface area (Å²) in [5.74, 6) is -1.27. The summed E-state index contributed by atoms with van der Waals surface area (Å²) in [4.78, 5) is 4.94. The van der Waals surface area contributed by atoms with Gasteiger partial charge in [-0.05, 0) is 46.8 Å². The molecule has 5 aliphatic rings. The van der Waals surface area contributed by atoms with Crippen LogP contribution in [-0.2, 0) is 33.2 Å². The summed E-state index contributed by atoms with van der Waals surface area (Å²) in [6.07, 6.45) is -0.874. The number of fused-ring (bicyclic) bond motifs is 3. The first kappa shape index (κ1) is 19.7. The molecule has 1 spiro atoms. The lowest BCUT2D eigenvalue weighted by Crippen LogP contribution is -2.46. The molecule has 0 radical (unpaired) electrons. The molecule has 3 saturated heterocycles. The molecule has 0 bridgehead atoms. The second-order valence-corrected chi connectivity index (χ2v) is 9.56. The fourth-order valence-electron chi connectivity index (χ4n) is 4.79. The van der Waals surface area contributed by atoms with Gasteiger partial charge >= 0.3 is 0 Å². The lowest BCUT2D eigenvalue weighted by atomic mass is 9.98. The molecule has 8 nitrogen and oxygen atoms in total. The Bertz CT molecular complexity index is 982. The fraction of sp³-hybridized carbons (Fsp3) is 0.609. The number of aryl methyl sites for hydroxylation is 1. The molecule has 3 fully saturated rings. The fourth-order valence-corrected chi connectivity index (χ4v) is 4.79. The zero-order valence-electron chi connectivity index (χ0n) is 18.3. The van der Waals surface area contributed by atoms with E-state index in [1.807, 2.05) is 58.9 Å². The summed E-state index contributed by atoms with van der Waals surface area (Å²) >= 11 is 0. The van der Waals surface area contributed by atoms with E-state index < -0.39 is 42.1 Å². The lowest BCUT2D eigenvalue weighted by molar-refractivity contribution is -0.271. The SMILES string of the molecule is Cc1ccc(N=C2[C@H]3OC(C)(C)O[C@H]3O[C@@]23CCC2=C(O3)[C@H]3OC(C)(C)O[C@H]3O2)cc1. The minimum Gasteiger partial charge on any atom is -0.462 e. The van der Waals surface area contributed by atoms with Gasteiger partial charge in [-0.2, -0.15) is 0 Å². The minimum absolute atomic E-state index is 0.440. The molecule has 5 heterocycles. The summed E-state index contributed by atoms with van der Waals surface area (Å²) < 4.78 is 43.0. The number of aliphatic imine (C=N–C) groups is 1. The van der Waals surface area contributed by atoms with Crippen molar-refractivity contribution in [3.05, 3.63) is 41.3 Å². The number of allylic oxidation sites excluding steroid dienone is 1. The summed E-state index contributed by atoms with van der Waals surface area (Å²) in [6.45, 7) is 9.50. The molecular formula is C23H27NO7. The molecular weight excluding hydrogens is 402 g/mol. The van der Waals surface area contributed by atoms with Crippen molar-refractivity contribution in [1.82, 2.24) is 0 Å². The van der Waals surface area contributed by atoms with Crippen molar-refractivity contribution in [2.24, 2.45) is 4.99 Å². The number of rotatable bonds is 1. The van der Waals surface area contributed by atoms with Gasteiger partial charge in [-0.1, -0.05) is 17.7 Å². The third-order valence-corrected chi connectivity index (χ3v) is 6.11. The van der Waals surface area contributed by atoms with Crippen LogP contribution in [0.3, 0.4) is 0 Å². The normalized spacial score (nSPS) is 40.6. The Kier molecular flexibility index (Phi) is 4.00. The van der Waals surface area contributed by atoms with Gasteiger partial charge in [0.05, 0.1) is 5.69 Å². The molecule has 5 atom stereocenters. The van der Waals surface area contributed by atoms with E-state index in [2.05, 4.69) is 0 Å². The molecule has 5 aliphatic heterocycles. The third-order valence-electron chi connectivity index (χ3n) is 6.11. The Morgan fingerprint density at radius 1 is 0.839 bits per heavy atom. The maximum absolute atomic E-state index is 6.52. The van der Waals surface area contributed by atoms with Crippen molar-refractivity contribution in [3.8, 4) is 0 Å². The van der Waals surface area contributed by atoms with Crippen LogP contribution in [0, 0.1) is 6.92 Å². The first-order valence-corrected chi connectivity index (χ1v) is 10.8. The van der Waals surface area contributed by atoms with Crippen LogP contribution < -0.4 is 0 Å². The van der Waals surface area contributed by atoms with Gasteiger partial charge < -0.3 is 33.2 Å². The highest BCUT2D eigenvalue weighted by atomic mass is 16.9. The number of hydrogen-bond acceptors (Lipinski definition) is 8.